The molecule has 0 bridgehead atoms. The van der Waals surface area contributed by atoms with Gasteiger partial charge in [-0.3, -0.25) is 0 Å². The predicted molar refractivity (Wildman–Crippen MR) is 83.8 cm³/mol. The van der Waals surface area contributed by atoms with Gasteiger partial charge in [-0.2, -0.15) is 5.26 Å². The zero-order chi connectivity index (χ0) is 15.5. The molecule has 2 aromatic rings. The Kier molecular flexibility index (Phi) is 4.44. The zero-order valence-corrected chi connectivity index (χ0v) is 13.1. The van der Waals surface area contributed by atoms with Gasteiger partial charge < -0.3 is 9.88 Å². The third kappa shape index (κ3) is 4.17. The highest BCUT2D eigenvalue weighted by molar-refractivity contribution is 5.37. The number of aromatic nitrogens is 2. The summed E-state index contributed by atoms with van der Waals surface area (Å²) in [5, 5.41) is 12.4. The maximum atomic E-state index is 8.93. The maximum absolute atomic E-state index is 8.93. The number of benzene rings is 1. The highest BCUT2D eigenvalue weighted by Gasteiger charge is 2.11. The Bertz CT molecular complexity index is 656. The van der Waals surface area contributed by atoms with Crippen molar-refractivity contribution in [1.29, 1.82) is 5.26 Å². The molecule has 0 atom stereocenters. The van der Waals surface area contributed by atoms with Crippen LogP contribution in [-0.4, -0.2) is 15.1 Å². The van der Waals surface area contributed by atoms with E-state index >= 15 is 0 Å². The van der Waals surface area contributed by atoms with Gasteiger partial charge in [0.15, 0.2) is 0 Å². The van der Waals surface area contributed by atoms with E-state index in [4.69, 9.17) is 5.26 Å². The third-order valence-electron chi connectivity index (χ3n) is 3.39. The number of hydrogen-bond acceptors (Lipinski definition) is 3. The van der Waals surface area contributed by atoms with Crippen molar-refractivity contribution in [2.75, 3.05) is 0 Å². The predicted octanol–water partition coefficient (Wildman–Crippen LogP) is 3.00. The molecule has 0 radical (unpaired) electrons. The van der Waals surface area contributed by atoms with Crippen molar-refractivity contribution in [3.8, 4) is 6.07 Å². The van der Waals surface area contributed by atoms with Crippen molar-refractivity contribution < 1.29 is 0 Å². The Morgan fingerprint density at radius 2 is 2.10 bits per heavy atom. The van der Waals surface area contributed by atoms with Crippen LogP contribution in [0.5, 0.6) is 0 Å². The van der Waals surface area contributed by atoms with Gasteiger partial charge in [0.05, 0.1) is 18.2 Å². The van der Waals surface area contributed by atoms with E-state index < -0.39 is 0 Å². The minimum Gasteiger partial charge on any atom is -0.329 e. The Labute approximate surface area is 126 Å². The zero-order valence-electron chi connectivity index (χ0n) is 13.1. The molecular weight excluding hydrogens is 260 g/mol. The summed E-state index contributed by atoms with van der Waals surface area (Å²) >= 11 is 0. The van der Waals surface area contributed by atoms with Crippen LogP contribution in [0, 0.1) is 18.3 Å². The van der Waals surface area contributed by atoms with E-state index in [1.165, 1.54) is 5.56 Å². The topological polar surface area (TPSA) is 53.6 Å². The van der Waals surface area contributed by atoms with Crippen LogP contribution in [0.2, 0.25) is 0 Å². The second-order valence-corrected chi connectivity index (χ2v) is 6.33. The van der Waals surface area contributed by atoms with Gasteiger partial charge in [0.1, 0.15) is 5.82 Å². The third-order valence-corrected chi connectivity index (χ3v) is 3.39. The van der Waals surface area contributed by atoms with Gasteiger partial charge in [0, 0.05) is 24.5 Å². The molecule has 0 saturated heterocycles. The molecule has 0 aliphatic rings. The van der Waals surface area contributed by atoms with Crippen LogP contribution in [0.15, 0.2) is 30.6 Å². The molecule has 1 aromatic heterocycles. The van der Waals surface area contributed by atoms with E-state index in [1.807, 2.05) is 37.5 Å². The van der Waals surface area contributed by atoms with Crippen LogP contribution in [0.4, 0.5) is 0 Å². The fraction of sp³-hybridized carbons (Fsp3) is 0.412. The van der Waals surface area contributed by atoms with E-state index in [-0.39, 0.29) is 5.54 Å². The Morgan fingerprint density at radius 3 is 2.71 bits per heavy atom. The van der Waals surface area contributed by atoms with E-state index in [2.05, 4.69) is 41.7 Å². The molecule has 1 N–H and O–H groups in total. The second kappa shape index (κ2) is 6.11. The van der Waals surface area contributed by atoms with Gasteiger partial charge in [-0.05, 0) is 51.0 Å². The van der Waals surface area contributed by atoms with Gasteiger partial charge >= 0.3 is 0 Å². The van der Waals surface area contributed by atoms with Crippen molar-refractivity contribution in [3.63, 3.8) is 0 Å². The molecule has 0 spiro atoms. The fourth-order valence-corrected chi connectivity index (χ4v) is 2.12. The van der Waals surface area contributed by atoms with Crippen molar-refractivity contribution in [2.45, 2.75) is 46.3 Å². The summed E-state index contributed by atoms with van der Waals surface area (Å²) in [6, 6.07) is 7.99. The first-order chi connectivity index (χ1) is 9.89. The highest BCUT2D eigenvalue weighted by Crippen LogP contribution is 2.13. The number of hydrogen-bond donors (Lipinski definition) is 1. The molecule has 1 aromatic carbocycles. The molecule has 110 valence electrons. The highest BCUT2D eigenvalue weighted by atomic mass is 15.1. The maximum Gasteiger partial charge on any atom is 0.122 e. The number of nitriles is 1. The van der Waals surface area contributed by atoms with Crippen LogP contribution in [0.3, 0.4) is 0 Å². The second-order valence-electron chi connectivity index (χ2n) is 6.33. The van der Waals surface area contributed by atoms with Gasteiger partial charge in [-0.25, -0.2) is 4.98 Å². The first-order valence-corrected chi connectivity index (χ1v) is 7.14. The lowest BCUT2D eigenvalue weighted by molar-refractivity contribution is 0.413. The molecule has 0 aliphatic carbocycles. The summed E-state index contributed by atoms with van der Waals surface area (Å²) in [7, 11) is 0. The lowest BCUT2D eigenvalue weighted by Gasteiger charge is -2.20. The molecule has 2 rings (SSSR count). The smallest absolute Gasteiger partial charge is 0.122 e. The summed E-state index contributed by atoms with van der Waals surface area (Å²) in [4.78, 5) is 4.43. The van der Waals surface area contributed by atoms with Gasteiger partial charge in [0.25, 0.3) is 0 Å². The number of aryl methyl sites for hydroxylation is 1. The van der Waals surface area contributed by atoms with Crippen LogP contribution < -0.4 is 5.32 Å². The van der Waals surface area contributed by atoms with Crippen LogP contribution >= 0.6 is 0 Å². The molecule has 0 amide bonds. The summed E-state index contributed by atoms with van der Waals surface area (Å²) in [5.41, 5.74) is 3.12. The molecular formula is C17H22N4. The average molecular weight is 282 g/mol. The van der Waals surface area contributed by atoms with Crippen molar-refractivity contribution in [1.82, 2.24) is 14.9 Å². The normalized spacial score (nSPS) is 11.4. The van der Waals surface area contributed by atoms with Gasteiger partial charge in [-0.1, -0.05) is 6.07 Å². The van der Waals surface area contributed by atoms with E-state index in [9.17, 15) is 0 Å². The monoisotopic (exact) mass is 282 g/mol. The first-order valence-electron chi connectivity index (χ1n) is 7.14. The number of nitrogens with one attached hydrogen (secondary N) is 1. The van der Waals surface area contributed by atoms with Crippen molar-refractivity contribution in [2.24, 2.45) is 0 Å². The summed E-state index contributed by atoms with van der Waals surface area (Å²) in [6.45, 7) is 9.99. The largest absolute Gasteiger partial charge is 0.329 e. The fourth-order valence-electron chi connectivity index (χ4n) is 2.12. The molecule has 0 aliphatic heterocycles. The minimum atomic E-state index is 0.0706. The van der Waals surface area contributed by atoms with E-state index in [0.29, 0.717) is 5.56 Å². The summed E-state index contributed by atoms with van der Waals surface area (Å²) < 4.78 is 2.15. The molecule has 0 saturated carbocycles. The molecule has 0 fully saturated rings. The first kappa shape index (κ1) is 15.3. The molecule has 4 nitrogen and oxygen atoms in total. The molecule has 1 heterocycles. The minimum absolute atomic E-state index is 0.0706. The SMILES string of the molecule is Cc1cc(C#N)ccc1Cn1ccnc1CNC(C)(C)C. The summed E-state index contributed by atoms with van der Waals surface area (Å²) in [5.74, 6) is 1.02. The van der Waals surface area contributed by atoms with E-state index in [0.717, 1.165) is 24.5 Å². The van der Waals surface area contributed by atoms with Crippen LogP contribution in [0.25, 0.3) is 0 Å². The van der Waals surface area contributed by atoms with Crippen LogP contribution in [-0.2, 0) is 13.1 Å². The number of nitrogens with zero attached hydrogens (tertiary/aromatic N) is 3. The Hall–Kier alpha value is -2.12. The molecule has 21 heavy (non-hydrogen) atoms. The standard InChI is InChI=1S/C17H22N4/c1-13-9-14(10-18)5-6-15(13)12-21-8-7-19-16(21)11-20-17(2,3)4/h5-9,20H,11-12H2,1-4H3. The quantitative estimate of drug-likeness (QED) is 0.938. The Balaban J connectivity index is 2.14. The number of imidazole rings is 1. The number of rotatable bonds is 4. The van der Waals surface area contributed by atoms with Crippen molar-refractivity contribution >= 4 is 0 Å². The lowest BCUT2D eigenvalue weighted by atomic mass is 10.1. The molecule has 4 heteroatoms. The van der Waals surface area contributed by atoms with Crippen LogP contribution in [0.1, 0.15) is 43.3 Å². The van der Waals surface area contributed by atoms with Gasteiger partial charge in [0.2, 0.25) is 0 Å². The van der Waals surface area contributed by atoms with E-state index in [1.54, 1.807) is 0 Å². The Morgan fingerprint density at radius 1 is 1.33 bits per heavy atom. The van der Waals surface area contributed by atoms with Crippen molar-refractivity contribution in [3.05, 3.63) is 53.1 Å². The average Bonchev–Trinajstić information content (AvgIpc) is 2.85. The summed E-state index contributed by atoms with van der Waals surface area (Å²) in [6.07, 6.45) is 3.83. The van der Waals surface area contributed by atoms with Gasteiger partial charge in [-0.15, -0.1) is 0 Å². The molecule has 0 unspecified atom stereocenters. The lowest BCUT2D eigenvalue weighted by Crippen LogP contribution is -2.36.